The molecule has 102 valence electrons. The number of carbonyl (C=O) groups is 1. The molecule has 1 aromatic carbocycles. The molecule has 1 heterocycles. The molecule has 1 aliphatic heterocycles. The Balaban J connectivity index is 1.57. The maximum absolute atomic E-state index is 11.9. The first kappa shape index (κ1) is 12.7. The summed E-state index contributed by atoms with van der Waals surface area (Å²) in [5.74, 6) is 0.386. The van der Waals surface area contributed by atoms with Gasteiger partial charge in [-0.1, -0.05) is 17.7 Å². The summed E-state index contributed by atoms with van der Waals surface area (Å²) in [6.07, 6.45) is 1.06. The van der Waals surface area contributed by atoms with Crippen LogP contribution in [0.3, 0.4) is 0 Å². The molecule has 1 saturated heterocycles. The van der Waals surface area contributed by atoms with E-state index in [-0.39, 0.29) is 24.2 Å². The van der Waals surface area contributed by atoms with Crippen LogP contribution in [0.1, 0.15) is 6.42 Å². The average molecular weight is 282 g/mol. The zero-order valence-corrected chi connectivity index (χ0v) is 11.1. The molecule has 0 radical (unpaired) electrons. The van der Waals surface area contributed by atoms with Crippen LogP contribution in [0.25, 0.3) is 0 Å². The van der Waals surface area contributed by atoms with Gasteiger partial charge in [0.2, 0.25) is 0 Å². The Labute approximate surface area is 116 Å². The first-order chi connectivity index (χ1) is 9.15. The molecule has 19 heavy (non-hydrogen) atoms. The van der Waals surface area contributed by atoms with Crippen molar-refractivity contribution in [3.8, 4) is 0 Å². The summed E-state index contributed by atoms with van der Waals surface area (Å²) in [5.41, 5.74) is 6.68. The first-order valence-electron chi connectivity index (χ1n) is 6.35. The Morgan fingerprint density at radius 1 is 1.47 bits per heavy atom. The number of halogens is 1. The van der Waals surface area contributed by atoms with E-state index in [4.69, 9.17) is 22.1 Å². The number of fused-ring (bicyclic) bond motifs is 1. The van der Waals surface area contributed by atoms with Crippen LogP contribution in [0.2, 0.25) is 5.02 Å². The van der Waals surface area contributed by atoms with Gasteiger partial charge in [-0.2, -0.15) is 0 Å². The molecule has 2 fully saturated rings. The lowest BCUT2D eigenvalue weighted by Crippen LogP contribution is -2.69. The first-order valence-corrected chi connectivity index (χ1v) is 6.73. The lowest BCUT2D eigenvalue weighted by molar-refractivity contribution is -0.0128. The number of ether oxygens (including phenoxy) is 1. The van der Waals surface area contributed by atoms with Gasteiger partial charge in [-0.3, -0.25) is 0 Å². The van der Waals surface area contributed by atoms with Crippen LogP contribution in [-0.4, -0.2) is 30.8 Å². The summed E-state index contributed by atoms with van der Waals surface area (Å²) in [4.78, 5) is 11.9. The molecule has 4 N–H and O–H groups in total. The van der Waals surface area contributed by atoms with E-state index in [1.54, 1.807) is 24.3 Å². The third-order valence-electron chi connectivity index (χ3n) is 3.83. The van der Waals surface area contributed by atoms with Gasteiger partial charge in [0, 0.05) is 29.3 Å². The monoisotopic (exact) mass is 281 g/mol. The van der Waals surface area contributed by atoms with E-state index >= 15 is 0 Å². The lowest BCUT2D eigenvalue weighted by atomic mass is 9.72. The SMILES string of the molecule is NC1C2CCOC2C1NC(=O)Nc1cccc(Cl)c1. The minimum Gasteiger partial charge on any atom is -0.376 e. The van der Waals surface area contributed by atoms with Crippen LogP contribution in [0.5, 0.6) is 0 Å². The number of urea groups is 1. The molecule has 6 heteroatoms. The van der Waals surface area contributed by atoms with Crippen LogP contribution in [0, 0.1) is 5.92 Å². The largest absolute Gasteiger partial charge is 0.376 e. The van der Waals surface area contributed by atoms with Gasteiger partial charge in [0.1, 0.15) is 0 Å². The molecule has 2 amide bonds. The fourth-order valence-corrected chi connectivity index (χ4v) is 3.00. The second kappa shape index (κ2) is 5.00. The Kier molecular flexibility index (Phi) is 3.35. The minimum atomic E-state index is -0.281. The number of nitrogens with two attached hydrogens (primary N) is 1. The highest BCUT2D eigenvalue weighted by molar-refractivity contribution is 6.30. The third-order valence-corrected chi connectivity index (χ3v) is 4.06. The second-order valence-electron chi connectivity index (χ2n) is 5.00. The highest BCUT2D eigenvalue weighted by Gasteiger charge is 2.52. The zero-order valence-electron chi connectivity index (χ0n) is 10.3. The summed E-state index contributed by atoms with van der Waals surface area (Å²) in [5, 5.41) is 6.18. The third kappa shape index (κ3) is 2.41. The molecule has 0 spiro atoms. The number of amides is 2. The van der Waals surface area contributed by atoms with Crippen molar-refractivity contribution in [2.75, 3.05) is 11.9 Å². The van der Waals surface area contributed by atoms with E-state index in [0.29, 0.717) is 16.6 Å². The van der Waals surface area contributed by atoms with E-state index in [1.165, 1.54) is 0 Å². The van der Waals surface area contributed by atoms with Crippen molar-refractivity contribution in [1.29, 1.82) is 0 Å². The quantitative estimate of drug-likeness (QED) is 0.770. The molecule has 0 bridgehead atoms. The number of carbonyl (C=O) groups excluding carboxylic acids is 1. The highest BCUT2D eigenvalue weighted by atomic mass is 35.5. The predicted octanol–water partition coefficient (Wildman–Crippen LogP) is 1.58. The zero-order chi connectivity index (χ0) is 13.4. The number of hydrogen-bond acceptors (Lipinski definition) is 3. The van der Waals surface area contributed by atoms with Gasteiger partial charge in [0.15, 0.2) is 0 Å². The molecular weight excluding hydrogens is 266 g/mol. The number of anilines is 1. The van der Waals surface area contributed by atoms with Crippen LogP contribution in [-0.2, 0) is 4.74 Å². The van der Waals surface area contributed by atoms with Crippen LogP contribution in [0.15, 0.2) is 24.3 Å². The van der Waals surface area contributed by atoms with Crippen molar-refractivity contribution in [3.05, 3.63) is 29.3 Å². The van der Waals surface area contributed by atoms with Gasteiger partial charge in [-0.25, -0.2) is 4.79 Å². The molecule has 4 unspecified atom stereocenters. The lowest BCUT2D eigenvalue weighted by Gasteiger charge is -2.45. The van der Waals surface area contributed by atoms with Crippen LogP contribution < -0.4 is 16.4 Å². The molecule has 5 nitrogen and oxygen atoms in total. The predicted molar refractivity (Wildman–Crippen MR) is 73.2 cm³/mol. The van der Waals surface area contributed by atoms with E-state index in [9.17, 15) is 4.79 Å². The maximum atomic E-state index is 11.9. The van der Waals surface area contributed by atoms with Crippen molar-refractivity contribution >= 4 is 23.3 Å². The Bertz CT molecular complexity index is 497. The molecule has 0 aromatic heterocycles. The topological polar surface area (TPSA) is 76.4 Å². The van der Waals surface area contributed by atoms with Gasteiger partial charge >= 0.3 is 6.03 Å². The molecule has 1 aliphatic carbocycles. The van der Waals surface area contributed by atoms with Crippen molar-refractivity contribution < 1.29 is 9.53 Å². The Morgan fingerprint density at radius 3 is 3.11 bits per heavy atom. The average Bonchev–Trinajstić information content (AvgIpc) is 2.80. The molecule has 4 atom stereocenters. The van der Waals surface area contributed by atoms with Gasteiger partial charge < -0.3 is 21.1 Å². The van der Waals surface area contributed by atoms with Gasteiger partial charge in [-0.15, -0.1) is 0 Å². The van der Waals surface area contributed by atoms with E-state index in [1.807, 2.05) is 0 Å². The number of hydrogen-bond donors (Lipinski definition) is 3. The minimum absolute atomic E-state index is 0.0161. The Morgan fingerprint density at radius 2 is 2.32 bits per heavy atom. The van der Waals surface area contributed by atoms with E-state index < -0.39 is 0 Å². The van der Waals surface area contributed by atoms with Crippen molar-refractivity contribution in [2.45, 2.75) is 24.6 Å². The van der Waals surface area contributed by atoms with Crippen molar-refractivity contribution in [1.82, 2.24) is 5.32 Å². The second-order valence-corrected chi connectivity index (χ2v) is 5.44. The summed E-state index contributed by atoms with van der Waals surface area (Å²) in [6.45, 7) is 0.733. The van der Waals surface area contributed by atoms with Gasteiger partial charge in [0.25, 0.3) is 0 Å². The summed E-state index contributed by atoms with van der Waals surface area (Å²) >= 11 is 5.86. The summed E-state index contributed by atoms with van der Waals surface area (Å²) in [7, 11) is 0. The molecule has 1 aromatic rings. The number of benzene rings is 1. The van der Waals surface area contributed by atoms with Gasteiger partial charge in [0.05, 0.1) is 12.1 Å². The highest BCUT2D eigenvalue weighted by Crippen LogP contribution is 2.37. The smallest absolute Gasteiger partial charge is 0.319 e. The van der Waals surface area contributed by atoms with Crippen molar-refractivity contribution in [3.63, 3.8) is 0 Å². The summed E-state index contributed by atoms with van der Waals surface area (Å²) in [6, 6.07) is 6.60. The maximum Gasteiger partial charge on any atom is 0.319 e. The van der Waals surface area contributed by atoms with Crippen LogP contribution in [0.4, 0.5) is 10.5 Å². The Hall–Kier alpha value is -1.30. The van der Waals surface area contributed by atoms with E-state index in [2.05, 4.69) is 10.6 Å². The molecular formula is C13H16ClN3O2. The van der Waals surface area contributed by atoms with Crippen LogP contribution >= 0.6 is 11.6 Å². The number of nitrogens with one attached hydrogen (secondary N) is 2. The summed E-state index contributed by atoms with van der Waals surface area (Å²) < 4.78 is 5.56. The van der Waals surface area contributed by atoms with Gasteiger partial charge in [-0.05, 0) is 24.6 Å². The van der Waals surface area contributed by atoms with Crippen molar-refractivity contribution in [2.24, 2.45) is 11.7 Å². The molecule has 3 rings (SSSR count). The number of rotatable bonds is 2. The molecule has 1 saturated carbocycles. The standard InChI is InChI=1S/C13H16ClN3O2/c14-7-2-1-3-8(6-7)16-13(18)17-11-10(15)9-4-5-19-12(9)11/h1-3,6,9-12H,4-5,15H2,(H2,16,17,18). The molecule has 2 aliphatic rings. The normalized spacial score (nSPS) is 32.3. The fourth-order valence-electron chi connectivity index (χ4n) is 2.81. The fraction of sp³-hybridized carbons (Fsp3) is 0.462. The van der Waals surface area contributed by atoms with E-state index in [0.717, 1.165) is 13.0 Å².